The number of likely N-dealkylation sites (tertiary alicyclic amines) is 1. The molecule has 19 heavy (non-hydrogen) atoms. The van der Waals surface area contributed by atoms with Gasteiger partial charge in [-0.25, -0.2) is 0 Å². The number of para-hydroxylation sites is 2. The van der Waals surface area contributed by atoms with Gasteiger partial charge in [-0.2, -0.15) is 0 Å². The summed E-state index contributed by atoms with van der Waals surface area (Å²) < 4.78 is 11.1. The smallest absolute Gasteiger partial charge is 0.161 e. The van der Waals surface area contributed by atoms with Crippen LogP contribution < -0.4 is 15.2 Å². The number of nitrogens with zero attached hydrogens (tertiary/aromatic N) is 1. The number of piperidine rings is 1. The number of hydrogen-bond acceptors (Lipinski definition) is 4. The lowest BCUT2D eigenvalue weighted by molar-refractivity contribution is 0.155. The predicted molar refractivity (Wildman–Crippen MR) is 76.7 cm³/mol. The van der Waals surface area contributed by atoms with Crippen molar-refractivity contribution >= 4 is 0 Å². The summed E-state index contributed by atoms with van der Waals surface area (Å²) in [6.07, 6.45) is 2.43. The molecule has 0 spiro atoms. The maximum absolute atomic E-state index is 5.79. The molecule has 4 heteroatoms. The minimum Gasteiger partial charge on any atom is -0.493 e. The first-order valence-corrected chi connectivity index (χ1v) is 7.01. The van der Waals surface area contributed by atoms with Crippen LogP contribution in [0.5, 0.6) is 11.5 Å². The normalized spacial score (nSPS) is 17.4. The number of methoxy groups -OCH3 is 1. The first kappa shape index (κ1) is 14.2. The van der Waals surface area contributed by atoms with Gasteiger partial charge in [0.05, 0.1) is 7.11 Å². The second-order valence-corrected chi connectivity index (χ2v) is 5.02. The highest BCUT2D eigenvalue weighted by Crippen LogP contribution is 2.25. The van der Waals surface area contributed by atoms with E-state index in [1.54, 1.807) is 7.11 Å². The number of rotatable bonds is 6. The Bertz CT molecular complexity index is 376. The van der Waals surface area contributed by atoms with E-state index in [9.17, 15) is 0 Å². The molecule has 1 heterocycles. The fourth-order valence-corrected chi connectivity index (χ4v) is 2.47. The molecule has 0 atom stereocenters. The zero-order valence-corrected chi connectivity index (χ0v) is 11.7. The van der Waals surface area contributed by atoms with Crippen LogP contribution in [0.3, 0.4) is 0 Å². The van der Waals surface area contributed by atoms with Crippen molar-refractivity contribution in [3.8, 4) is 11.5 Å². The van der Waals surface area contributed by atoms with Crippen LogP contribution in [0.1, 0.15) is 12.8 Å². The molecule has 0 aromatic heterocycles. The molecule has 4 nitrogen and oxygen atoms in total. The molecule has 2 rings (SSSR count). The van der Waals surface area contributed by atoms with Crippen LogP contribution in [0.25, 0.3) is 0 Å². The zero-order valence-electron chi connectivity index (χ0n) is 11.7. The molecular weight excluding hydrogens is 240 g/mol. The molecule has 1 aliphatic heterocycles. The Kier molecular flexibility index (Phi) is 5.48. The summed E-state index contributed by atoms with van der Waals surface area (Å²) in [5.74, 6) is 2.33. The second-order valence-electron chi connectivity index (χ2n) is 5.02. The van der Waals surface area contributed by atoms with Gasteiger partial charge in [0.15, 0.2) is 11.5 Å². The molecule has 0 unspecified atom stereocenters. The zero-order chi connectivity index (χ0) is 13.5. The minimum atomic E-state index is 0.702. The van der Waals surface area contributed by atoms with Gasteiger partial charge in [-0.3, -0.25) is 4.90 Å². The van der Waals surface area contributed by atoms with Crippen LogP contribution in [0.4, 0.5) is 0 Å². The van der Waals surface area contributed by atoms with E-state index in [1.165, 1.54) is 12.8 Å². The van der Waals surface area contributed by atoms with Gasteiger partial charge in [0.2, 0.25) is 0 Å². The lowest BCUT2D eigenvalue weighted by Gasteiger charge is -2.31. The van der Waals surface area contributed by atoms with Gasteiger partial charge >= 0.3 is 0 Å². The van der Waals surface area contributed by atoms with E-state index in [-0.39, 0.29) is 0 Å². The van der Waals surface area contributed by atoms with Gasteiger partial charge in [-0.05, 0) is 50.5 Å². The Labute approximate surface area is 115 Å². The highest BCUT2D eigenvalue weighted by Gasteiger charge is 2.17. The van der Waals surface area contributed by atoms with Crippen molar-refractivity contribution in [1.82, 2.24) is 4.90 Å². The highest BCUT2D eigenvalue weighted by atomic mass is 16.5. The van der Waals surface area contributed by atoms with Gasteiger partial charge in [0.1, 0.15) is 6.61 Å². The third-order valence-electron chi connectivity index (χ3n) is 3.77. The van der Waals surface area contributed by atoms with E-state index in [0.29, 0.717) is 12.5 Å². The maximum Gasteiger partial charge on any atom is 0.161 e. The molecule has 1 fully saturated rings. The Hall–Kier alpha value is -1.26. The molecule has 1 aromatic carbocycles. The van der Waals surface area contributed by atoms with Gasteiger partial charge in [-0.1, -0.05) is 12.1 Å². The first-order valence-electron chi connectivity index (χ1n) is 7.01. The lowest BCUT2D eigenvalue weighted by atomic mass is 9.97. The number of hydrogen-bond donors (Lipinski definition) is 1. The highest BCUT2D eigenvalue weighted by molar-refractivity contribution is 5.39. The standard InChI is InChI=1S/C15H24N2O2/c1-18-14-4-2-3-5-15(14)19-11-10-17-8-6-13(12-16)7-9-17/h2-5,13H,6-12,16H2,1H3. The van der Waals surface area contributed by atoms with E-state index in [1.807, 2.05) is 24.3 Å². The van der Waals surface area contributed by atoms with Crippen molar-refractivity contribution in [2.75, 3.05) is 39.9 Å². The molecule has 0 saturated carbocycles. The van der Waals surface area contributed by atoms with Crippen LogP contribution in [0, 0.1) is 5.92 Å². The minimum absolute atomic E-state index is 0.702. The Balaban J connectivity index is 1.72. The fourth-order valence-electron chi connectivity index (χ4n) is 2.47. The largest absolute Gasteiger partial charge is 0.493 e. The van der Waals surface area contributed by atoms with E-state index < -0.39 is 0 Å². The molecule has 0 amide bonds. The molecule has 0 radical (unpaired) electrons. The van der Waals surface area contributed by atoms with Crippen LogP contribution in [0.2, 0.25) is 0 Å². The van der Waals surface area contributed by atoms with Gasteiger partial charge in [-0.15, -0.1) is 0 Å². The van der Waals surface area contributed by atoms with Gasteiger partial charge in [0.25, 0.3) is 0 Å². The predicted octanol–water partition coefficient (Wildman–Crippen LogP) is 1.74. The summed E-state index contributed by atoms with van der Waals surface area (Å²) in [6.45, 7) is 4.77. The molecule has 106 valence electrons. The summed E-state index contributed by atoms with van der Waals surface area (Å²) in [5, 5.41) is 0. The Morgan fingerprint density at radius 3 is 2.53 bits per heavy atom. The molecular formula is C15H24N2O2. The summed E-state index contributed by atoms with van der Waals surface area (Å²) in [7, 11) is 1.67. The average Bonchev–Trinajstić information content (AvgIpc) is 2.48. The maximum atomic E-state index is 5.79. The van der Waals surface area contributed by atoms with Crippen molar-refractivity contribution < 1.29 is 9.47 Å². The lowest BCUT2D eigenvalue weighted by Crippen LogP contribution is -2.38. The first-order chi connectivity index (χ1) is 9.33. The Morgan fingerprint density at radius 2 is 1.89 bits per heavy atom. The number of benzene rings is 1. The average molecular weight is 264 g/mol. The van der Waals surface area contributed by atoms with Crippen LogP contribution in [-0.4, -0.2) is 44.8 Å². The van der Waals surface area contributed by atoms with Crippen LogP contribution in [0.15, 0.2) is 24.3 Å². The SMILES string of the molecule is COc1ccccc1OCCN1CCC(CN)CC1. The Morgan fingerprint density at radius 1 is 1.21 bits per heavy atom. The van der Waals surface area contributed by atoms with E-state index in [0.717, 1.165) is 37.7 Å². The summed E-state index contributed by atoms with van der Waals surface area (Å²) in [5.41, 5.74) is 5.70. The quantitative estimate of drug-likeness (QED) is 0.850. The summed E-state index contributed by atoms with van der Waals surface area (Å²) >= 11 is 0. The molecule has 0 bridgehead atoms. The molecule has 1 saturated heterocycles. The summed E-state index contributed by atoms with van der Waals surface area (Å²) in [4.78, 5) is 2.45. The van der Waals surface area contributed by atoms with E-state index in [4.69, 9.17) is 15.2 Å². The van der Waals surface area contributed by atoms with E-state index in [2.05, 4.69) is 4.90 Å². The van der Waals surface area contributed by atoms with Crippen LogP contribution in [-0.2, 0) is 0 Å². The number of ether oxygens (including phenoxy) is 2. The summed E-state index contributed by atoms with van der Waals surface area (Å²) in [6, 6.07) is 7.77. The van der Waals surface area contributed by atoms with Crippen molar-refractivity contribution in [3.63, 3.8) is 0 Å². The molecule has 2 N–H and O–H groups in total. The molecule has 0 aliphatic carbocycles. The monoisotopic (exact) mass is 264 g/mol. The fraction of sp³-hybridized carbons (Fsp3) is 0.600. The van der Waals surface area contributed by atoms with Crippen molar-refractivity contribution in [2.45, 2.75) is 12.8 Å². The topological polar surface area (TPSA) is 47.7 Å². The third kappa shape index (κ3) is 4.11. The van der Waals surface area contributed by atoms with Crippen molar-refractivity contribution in [1.29, 1.82) is 0 Å². The third-order valence-corrected chi connectivity index (χ3v) is 3.77. The second kappa shape index (κ2) is 7.36. The molecule has 1 aromatic rings. The van der Waals surface area contributed by atoms with Crippen LogP contribution >= 0.6 is 0 Å². The molecule has 1 aliphatic rings. The van der Waals surface area contributed by atoms with Gasteiger partial charge in [0, 0.05) is 6.54 Å². The number of nitrogens with two attached hydrogens (primary N) is 1. The van der Waals surface area contributed by atoms with E-state index >= 15 is 0 Å². The van der Waals surface area contributed by atoms with Gasteiger partial charge < -0.3 is 15.2 Å². The van der Waals surface area contributed by atoms with Crippen molar-refractivity contribution in [3.05, 3.63) is 24.3 Å². The van der Waals surface area contributed by atoms with Crippen molar-refractivity contribution in [2.24, 2.45) is 11.7 Å².